The number of carbonyl (C=O) groups excluding carboxylic acids is 1. The van der Waals surface area contributed by atoms with Crippen molar-refractivity contribution in [2.24, 2.45) is 5.73 Å². The standard InChI is InChI=1S/C29H25F3N4OS/c1-18-15-26(23(33)17-21(18)19-9-3-2-4-10-19)36(25-14-8-5-11-20(25)16-27(34)37)28(38)35-24-13-7-6-12-22(24)29(30,31)32/h2-15,17H,16,33H2,1H3,(H2,34,37)(H,35,38). The Labute approximate surface area is 223 Å². The highest BCUT2D eigenvalue weighted by Gasteiger charge is 2.34. The molecule has 4 aromatic carbocycles. The Balaban J connectivity index is 1.87. The first-order chi connectivity index (χ1) is 18.1. The predicted molar refractivity (Wildman–Crippen MR) is 150 cm³/mol. The maximum atomic E-state index is 13.7. The van der Waals surface area contributed by atoms with Gasteiger partial charge in [0.05, 0.1) is 34.7 Å². The molecule has 0 bridgehead atoms. The number of thiocarbonyl (C=S) groups is 1. The van der Waals surface area contributed by atoms with Gasteiger partial charge in [-0.15, -0.1) is 0 Å². The van der Waals surface area contributed by atoms with Crippen molar-refractivity contribution >= 4 is 46.0 Å². The molecule has 0 radical (unpaired) electrons. The lowest BCUT2D eigenvalue weighted by Gasteiger charge is -2.30. The molecule has 0 fully saturated rings. The van der Waals surface area contributed by atoms with Gasteiger partial charge in [0, 0.05) is 0 Å². The van der Waals surface area contributed by atoms with Crippen molar-refractivity contribution in [1.82, 2.24) is 0 Å². The highest BCUT2D eigenvalue weighted by Crippen LogP contribution is 2.39. The number of amides is 1. The zero-order chi connectivity index (χ0) is 27.4. The number of alkyl halides is 3. The lowest BCUT2D eigenvalue weighted by atomic mass is 9.98. The number of carbonyl (C=O) groups is 1. The average molecular weight is 535 g/mol. The van der Waals surface area contributed by atoms with Crippen molar-refractivity contribution in [3.05, 3.63) is 108 Å². The molecule has 194 valence electrons. The van der Waals surface area contributed by atoms with E-state index in [1.54, 1.807) is 30.3 Å². The molecule has 9 heteroatoms. The SMILES string of the molecule is Cc1cc(N(C(=S)Nc2ccccc2C(F)(F)F)c2ccccc2CC(N)=O)c(N)cc1-c1ccccc1. The Bertz CT molecular complexity index is 1490. The van der Waals surface area contributed by atoms with Crippen LogP contribution in [-0.2, 0) is 17.4 Å². The topological polar surface area (TPSA) is 84.4 Å². The van der Waals surface area contributed by atoms with E-state index < -0.39 is 17.6 Å². The van der Waals surface area contributed by atoms with Gasteiger partial charge in [-0.1, -0.05) is 60.7 Å². The van der Waals surface area contributed by atoms with Gasteiger partial charge in [-0.2, -0.15) is 13.2 Å². The Morgan fingerprint density at radius 2 is 1.55 bits per heavy atom. The summed E-state index contributed by atoms with van der Waals surface area (Å²) >= 11 is 5.68. The fourth-order valence-corrected chi connectivity index (χ4v) is 4.56. The van der Waals surface area contributed by atoms with Crippen LogP contribution < -0.4 is 21.7 Å². The minimum atomic E-state index is -4.60. The zero-order valence-electron chi connectivity index (χ0n) is 20.4. The molecule has 4 rings (SSSR count). The molecule has 0 aliphatic carbocycles. The number of benzene rings is 4. The third kappa shape index (κ3) is 5.78. The van der Waals surface area contributed by atoms with Crippen LogP contribution in [0.25, 0.3) is 11.1 Å². The molecule has 0 aromatic heterocycles. The van der Waals surface area contributed by atoms with Crippen LogP contribution in [0.4, 0.5) is 35.9 Å². The fourth-order valence-electron chi connectivity index (χ4n) is 4.26. The van der Waals surface area contributed by atoms with Gasteiger partial charge in [0.15, 0.2) is 5.11 Å². The van der Waals surface area contributed by atoms with E-state index in [0.717, 1.165) is 22.8 Å². The van der Waals surface area contributed by atoms with E-state index >= 15 is 0 Å². The Hall–Kier alpha value is -4.37. The van der Waals surface area contributed by atoms with Crippen LogP contribution in [0.15, 0.2) is 91.0 Å². The molecular formula is C29H25F3N4OS. The van der Waals surface area contributed by atoms with Crippen molar-refractivity contribution in [1.29, 1.82) is 0 Å². The van der Waals surface area contributed by atoms with Crippen molar-refractivity contribution in [2.75, 3.05) is 16.0 Å². The predicted octanol–water partition coefficient (Wildman–Crippen LogP) is 6.83. The summed E-state index contributed by atoms with van der Waals surface area (Å²) in [5, 5.41) is 2.70. The number of rotatable bonds is 6. The van der Waals surface area contributed by atoms with Crippen LogP contribution in [0, 0.1) is 6.92 Å². The van der Waals surface area contributed by atoms with Crippen LogP contribution in [-0.4, -0.2) is 11.0 Å². The van der Waals surface area contributed by atoms with Gasteiger partial charge in [0.1, 0.15) is 0 Å². The van der Waals surface area contributed by atoms with Gasteiger partial charge in [-0.25, -0.2) is 0 Å². The smallest absolute Gasteiger partial charge is 0.397 e. The molecule has 1 amide bonds. The quantitative estimate of drug-likeness (QED) is 0.187. The molecule has 0 atom stereocenters. The van der Waals surface area contributed by atoms with Crippen molar-refractivity contribution in [3.63, 3.8) is 0 Å². The van der Waals surface area contributed by atoms with Crippen LogP contribution in [0.5, 0.6) is 0 Å². The first-order valence-electron chi connectivity index (χ1n) is 11.7. The second kappa shape index (κ2) is 10.9. The van der Waals surface area contributed by atoms with Gasteiger partial charge in [0.2, 0.25) is 5.91 Å². The van der Waals surface area contributed by atoms with Gasteiger partial charge in [-0.05, 0) is 71.7 Å². The van der Waals surface area contributed by atoms with Crippen LogP contribution >= 0.6 is 12.2 Å². The third-order valence-corrected chi connectivity index (χ3v) is 6.26. The number of halogens is 3. The lowest BCUT2D eigenvalue weighted by Crippen LogP contribution is -2.33. The van der Waals surface area contributed by atoms with Crippen molar-refractivity contribution in [2.45, 2.75) is 19.5 Å². The number of hydrogen-bond acceptors (Lipinski definition) is 3. The van der Waals surface area contributed by atoms with Crippen LogP contribution in [0.2, 0.25) is 0 Å². The van der Waals surface area contributed by atoms with Gasteiger partial charge in [0.25, 0.3) is 0 Å². The summed E-state index contributed by atoms with van der Waals surface area (Å²) in [5.74, 6) is -0.567. The Kier molecular flexibility index (Phi) is 7.68. The van der Waals surface area contributed by atoms with E-state index in [9.17, 15) is 18.0 Å². The summed E-state index contributed by atoms with van der Waals surface area (Å²) in [6.45, 7) is 1.91. The molecule has 0 aliphatic rings. The lowest BCUT2D eigenvalue weighted by molar-refractivity contribution is -0.136. The minimum Gasteiger partial charge on any atom is -0.397 e. The molecule has 0 heterocycles. The van der Waals surface area contributed by atoms with Crippen LogP contribution in [0.3, 0.4) is 0 Å². The number of aryl methyl sites for hydroxylation is 1. The van der Waals surface area contributed by atoms with E-state index in [1.807, 2.05) is 43.3 Å². The van der Waals surface area contributed by atoms with Gasteiger partial charge in [-0.3, -0.25) is 9.69 Å². The van der Waals surface area contributed by atoms with E-state index in [1.165, 1.54) is 23.1 Å². The maximum absolute atomic E-state index is 13.7. The first-order valence-corrected chi connectivity index (χ1v) is 12.1. The van der Waals surface area contributed by atoms with Crippen molar-refractivity contribution < 1.29 is 18.0 Å². The molecule has 5 N–H and O–H groups in total. The maximum Gasteiger partial charge on any atom is 0.418 e. The first kappa shape index (κ1) is 26.7. The Morgan fingerprint density at radius 3 is 2.24 bits per heavy atom. The zero-order valence-corrected chi connectivity index (χ0v) is 21.2. The molecule has 0 unspecified atom stereocenters. The summed E-state index contributed by atoms with van der Waals surface area (Å²) < 4.78 is 41.1. The minimum absolute atomic E-state index is 0.0582. The average Bonchev–Trinajstić information content (AvgIpc) is 2.87. The second-order valence-electron chi connectivity index (χ2n) is 8.67. The van der Waals surface area contributed by atoms with Gasteiger partial charge >= 0.3 is 6.18 Å². The van der Waals surface area contributed by atoms with Crippen molar-refractivity contribution in [3.8, 4) is 11.1 Å². The molecule has 0 saturated carbocycles. The summed E-state index contributed by atoms with van der Waals surface area (Å²) in [4.78, 5) is 13.4. The van der Waals surface area contributed by atoms with E-state index in [2.05, 4.69) is 5.32 Å². The largest absolute Gasteiger partial charge is 0.418 e. The molecule has 0 aliphatic heterocycles. The highest BCUT2D eigenvalue weighted by molar-refractivity contribution is 7.80. The normalized spacial score (nSPS) is 11.2. The number of nitrogens with two attached hydrogens (primary N) is 2. The summed E-state index contributed by atoms with van der Waals surface area (Å²) in [6, 6.07) is 25.3. The molecule has 4 aromatic rings. The molecule has 38 heavy (non-hydrogen) atoms. The summed E-state index contributed by atoms with van der Waals surface area (Å²) in [5.41, 5.74) is 15.5. The number of primary amides is 1. The Morgan fingerprint density at radius 1 is 0.921 bits per heavy atom. The summed E-state index contributed by atoms with van der Waals surface area (Å²) in [7, 11) is 0. The highest BCUT2D eigenvalue weighted by atomic mass is 32.1. The van der Waals surface area contributed by atoms with E-state index in [-0.39, 0.29) is 17.2 Å². The fraction of sp³-hybridized carbons (Fsp3) is 0.103. The summed E-state index contributed by atoms with van der Waals surface area (Å²) in [6.07, 6.45) is -4.70. The van der Waals surface area contributed by atoms with Gasteiger partial charge < -0.3 is 16.8 Å². The third-order valence-electron chi connectivity index (χ3n) is 5.97. The number of anilines is 4. The molecule has 0 spiro atoms. The molecule has 5 nitrogen and oxygen atoms in total. The number of nitrogen functional groups attached to an aromatic ring is 1. The van der Waals surface area contributed by atoms with Crippen LogP contribution in [0.1, 0.15) is 16.7 Å². The molecule has 0 saturated heterocycles. The number of hydrogen-bond donors (Lipinski definition) is 3. The monoisotopic (exact) mass is 534 g/mol. The number of nitrogens with one attached hydrogen (secondary N) is 1. The number of para-hydroxylation sites is 2. The number of nitrogens with zero attached hydrogens (tertiary/aromatic N) is 1. The van der Waals surface area contributed by atoms with E-state index in [0.29, 0.717) is 22.6 Å². The second-order valence-corrected chi connectivity index (χ2v) is 9.06. The van der Waals surface area contributed by atoms with E-state index in [4.69, 9.17) is 23.7 Å². The molecular weight excluding hydrogens is 509 g/mol.